The molecule has 0 unspecified atom stereocenters. The molecule has 166 valence electrons. The lowest BCUT2D eigenvalue weighted by Gasteiger charge is -2.34. The Balaban J connectivity index is 1.75. The quantitative estimate of drug-likeness (QED) is 0.583. The topological polar surface area (TPSA) is 88.5 Å². The van der Waals surface area contributed by atoms with Crippen LogP contribution in [0.3, 0.4) is 0 Å². The first-order valence-electron chi connectivity index (χ1n) is 10.3. The van der Waals surface area contributed by atoms with Crippen molar-refractivity contribution in [3.63, 3.8) is 0 Å². The molecule has 0 bridgehead atoms. The van der Waals surface area contributed by atoms with E-state index in [-0.39, 0.29) is 12.2 Å². The number of benzene rings is 1. The van der Waals surface area contributed by atoms with Crippen molar-refractivity contribution in [1.82, 2.24) is 28.5 Å². The zero-order valence-electron chi connectivity index (χ0n) is 17.8. The number of halogens is 1. The highest BCUT2D eigenvalue weighted by Gasteiger charge is 2.23. The minimum Gasteiger partial charge on any atom is -0.395 e. The van der Waals surface area contributed by atoms with Gasteiger partial charge in [-0.05, 0) is 17.7 Å². The van der Waals surface area contributed by atoms with Crippen molar-refractivity contribution in [3.8, 4) is 0 Å². The van der Waals surface area contributed by atoms with Crippen molar-refractivity contribution in [3.05, 3.63) is 61.5 Å². The molecule has 0 saturated carbocycles. The summed E-state index contributed by atoms with van der Waals surface area (Å²) in [6.45, 7) is 5.27. The molecule has 1 fully saturated rings. The summed E-state index contributed by atoms with van der Waals surface area (Å²) < 4.78 is 4.45. The summed E-state index contributed by atoms with van der Waals surface area (Å²) in [4.78, 5) is 34.7. The number of piperazine rings is 1. The van der Waals surface area contributed by atoms with Gasteiger partial charge in [0, 0.05) is 58.4 Å². The van der Waals surface area contributed by atoms with Gasteiger partial charge in [0.15, 0.2) is 11.2 Å². The number of aromatic nitrogens is 4. The predicted octanol–water partition coefficient (Wildman–Crippen LogP) is 0.245. The Bertz CT molecular complexity index is 1210. The molecular weight excluding hydrogens is 420 g/mol. The minimum absolute atomic E-state index is 0.159. The Labute approximate surface area is 184 Å². The van der Waals surface area contributed by atoms with E-state index in [9.17, 15) is 9.59 Å². The Kier molecular flexibility index (Phi) is 6.29. The normalized spacial score (nSPS) is 15.7. The molecular formula is C21H27ClN6O3. The van der Waals surface area contributed by atoms with Crippen molar-refractivity contribution in [2.75, 3.05) is 39.3 Å². The van der Waals surface area contributed by atoms with Crippen LogP contribution in [0.15, 0.2) is 33.9 Å². The van der Waals surface area contributed by atoms with Gasteiger partial charge in [-0.2, -0.15) is 0 Å². The maximum Gasteiger partial charge on any atom is 0.332 e. The average molecular weight is 447 g/mol. The third-order valence-electron chi connectivity index (χ3n) is 5.90. The van der Waals surface area contributed by atoms with Crippen molar-refractivity contribution in [1.29, 1.82) is 0 Å². The summed E-state index contributed by atoms with van der Waals surface area (Å²) in [5.41, 5.74) is 1.01. The number of aliphatic hydroxyl groups excluding tert-OH is 1. The Morgan fingerprint density at radius 3 is 2.42 bits per heavy atom. The predicted molar refractivity (Wildman–Crippen MR) is 120 cm³/mol. The molecule has 0 spiro atoms. The second-order valence-corrected chi connectivity index (χ2v) is 8.40. The molecule has 1 saturated heterocycles. The molecule has 0 atom stereocenters. The highest BCUT2D eigenvalue weighted by atomic mass is 35.5. The molecule has 0 aliphatic carbocycles. The Morgan fingerprint density at radius 1 is 1.03 bits per heavy atom. The molecule has 1 aliphatic rings. The maximum absolute atomic E-state index is 13.0. The van der Waals surface area contributed by atoms with Crippen LogP contribution in [0.5, 0.6) is 0 Å². The van der Waals surface area contributed by atoms with Crippen LogP contribution >= 0.6 is 11.6 Å². The standard InChI is InChI=1S/C21H27ClN6O3/c1-24-19-18(20(30)25(2)21(24)31)28(13-15-4-3-5-16(22)12-15)17(23-19)14-27-8-6-26(7-9-27)10-11-29/h3-5,12,29H,6-11,13-14H2,1-2H3. The molecule has 0 radical (unpaired) electrons. The van der Waals surface area contributed by atoms with Crippen molar-refractivity contribution >= 4 is 22.8 Å². The number of imidazole rings is 1. The van der Waals surface area contributed by atoms with Crippen molar-refractivity contribution in [2.24, 2.45) is 14.1 Å². The number of β-amino-alcohol motifs (C(OH)–C–C–N with tert-alkyl or cyclic N) is 1. The number of rotatable bonds is 6. The molecule has 1 N–H and O–H groups in total. The number of aryl methyl sites for hydroxylation is 1. The van der Waals surface area contributed by atoms with Gasteiger partial charge in [-0.15, -0.1) is 0 Å². The largest absolute Gasteiger partial charge is 0.395 e. The molecule has 3 heterocycles. The lowest BCUT2D eigenvalue weighted by molar-refractivity contribution is 0.106. The third kappa shape index (κ3) is 4.31. The van der Waals surface area contributed by atoms with Gasteiger partial charge < -0.3 is 9.67 Å². The number of hydrogen-bond donors (Lipinski definition) is 1. The van der Waals surface area contributed by atoms with E-state index in [0.29, 0.717) is 35.8 Å². The SMILES string of the molecule is Cn1c(=O)c2c(nc(CN3CCN(CCO)CC3)n2Cc2cccc(Cl)c2)n(C)c1=O. The smallest absolute Gasteiger partial charge is 0.332 e. The average Bonchev–Trinajstić information content (AvgIpc) is 3.10. The van der Waals surface area contributed by atoms with Gasteiger partial charge in [0.2, 0.25) is 0 Å². The summed E-state index contributed by atoms with van der Waals surface area (Å²) in [5.74, 6) is 0.740. The summed E-state index contributed by atoms with van der Waals surface area (Å²) >= 11 is 6.17. The minimum atomic E-state index is -0.394. The monoisotopic (exact) mass is 446 g/mol. The van der Waals surface area contributed by atoms with Crippen molar-refractivity contribution in [2.45, 2.75) is 13.1 Å². The molecule has 2 aromatic heterocycles. The summed E-state index contributed by atoms with van der Waals surface area (Å²) in [6.07, 6.45) is 0. The zero-order valence-corrected chi connectivity index (χ0v) is 18.5. The van der Waals surface area contributed by atoms with Crippen LogP contribution in [0, 0.1) is 0 Å². The van der Waals surface area contributed by atoms with Gasteiger partial charge in [0.05, 0.1) is 13.2 Å². The van der Waals surface area contributed by atoms with E-state index in [2.05, 4.69) is 9.80 Å². The van der Waals surface area contributed by atoms with Crippen LogP contribution in [0.1, 0.15) is 11.4 Å². The van der Waals surface area contributed by atoms with Crippen LogP contribution < -0.4 is 11.2 Å². The molecule has 9 nitrogen and oxygen atoms in total. The number of nitrogens with zero attached hydrogens (tertiary/aromatic N) is 6. The lowest BCUT2D eigenvalue weighted by Crippen LogP contribution is -2.46. The fourth-order valence-corrected chi connectivity index (χ4v) is 4.33. The van der Waals surface area contributed by atoms with Crippen LogP contribution in [0.4, 0.5) is 0 Å². The van der Waals surface area contributed by atoms with Gasteiger partial charge in [-0.1, -0.05) is 23.7 Å². The third-order valence-corrected chi connectivity index (χ3v) is 6.14. The molecule has 1 aliphatic heterocycles. The van der Waals surface area contributed by atoms with E-state index < -0.39 is 5.69 Å². The zero-order chi connectivity index (χ0) is 22.1. The fraction of sp³-hybridized carbons (Fsp3) is 0.476. The number of fused-ring (bicyclic) bond motifs is 1. The van der Waals surface area contributed by atoms with Crippen LogP contribution in [-0.4, -0.2) is 72.9 Å². The van der Waals surface area contributed by atoms with E-state index in [1.807, 2.05) is 28.8 Å². The summed E-state index contributed by atoms with van der Waals surface area (Å²) in [7, 11) is 3.12. The molecule has 0 amide bonds. The van der Waals surface area contributed by atoms with Gasteiger partial charge in [-0.25, -0.2) is 9.78 Å². The molecule has 31 heavy (non-hydrogen) atoms. The van der Waals surface area contributed by atoms with Gasteiger partial charge >= 0.3 is 5.69 Å². The van der Waals surface area contributed by atoms with E-state index in [0.717, 1.165) is 42.1 Å². The first-order valence-corrected chi connectivity index (χ1v) is 10.7. The lowest BCUT2D eigenvalue weighted by atomic mass is 10.2. The summed E-state index contributed by atoms with van der Waals surface area (Å²) in [5, 5.41) is 9.78. The second-order valence-electron chi connectivity index (χ2n) is 7.96. The van der Waals surface area contributed by atoms with Gasteiger partial charge in [0.1, 0.15) is 5.82 Å². The Morgan fingerprint density at radius 2 is 1.74 bits per heavy atom. The highest BCUT2D eigenvalue weighted by molar-refractivity contribution is 6.30. The van der Waals surface area contributed by atoms with Crippen LogP contribution in [0.25, 0.3) is 11.2 Å². The molecule has 1 aromatic carbocycles. The highest BCUT2D eigenvalue weighted by Crippen LogP contribution is 2.18. The van der Waals surface area contributed by atoms with E-state index in [1.54, 1.807) is 7.05 Å². The number of hydrogen-bond acceptors (Lipinski definition) is 6. The maximum atomic E-state index is 13.0. The van der Waals surface area contributed by atoms with Gasteiger partial charge in [0.25, 0.3) is 5.56 Å². The summed E-state index contributed by atoms with van der Waals surface area (Å²) in [6, 6.07) is 7.52. The number of aliphatic hydroxyl groups is 1. The molecule has 4 rings (SSSR count). The molecule has 3 aromatic rings. The van der Waals surface area contributed by atoms with E-state index >= 15 is 0 Å². The van der Waals surface area contributed by atoms with Crippen LogP contribution in [0.2, 0.25) is 5.02 Å². The van der Waals surface area contributed by atoms with E-state index in [1.165, 1.54) is 11.6 Å². The first kappa shape index (κ1) is 21.8. The van der Waals surface area contributed by atoms with Crippen molar-refractivity contribution < 1.29 is 5.11 Å². The molecule has 10 heteroatoms. The fourth-order valence-electron chi connectivity index (χ4n) is 4.11. The Hall–Kier alpha value is -2.46. The van der Waals surface area contributed by atoms with E-state index in [4.69, 9.17) is 21.7 Å². The second kappa shape index (κ2) is 8.96. The van der Waals surface area contributed by atoms with Crippen LogP contribution in [-0.2, 0) is 27.2 Å². The van der Waals surface area contributed by atoms with Gasteiger partial charge in [-0.3, -0.25) is 23.7 Å². The first-order chi connectivity index (χ1) is 14.9.